The smallest absolute Gasteiger partial charge is 0.253 e. The van der Waals surface area contributed by atoms with Crippen molar-refractivity contribution in [2.45, 2.75) is 38.2 Å². The van der Waals surface area contributed by atoms with Crippen molar-refractivity contribution >= 4 is 5.91 Å². The first-order valence-corrected chi connectivity index (χ1v) is 9.41. The van der Waals surface area contributed by atoms with E-state index in [1.54, 1.807) is 42.5 Å². The highest BCUT2D eigenvalue weighted by Gasteiger charge is 2.45. The minimum Gasteiger partial charge on any atom is -0.392 e. The maximum absolute atomic E-state index is 13.9. The van der Waals surface area contributed by atoms with E-state index in [1.807, 2.05) is 4.90 Å². The van der Waals surface area contributed by atoms with Crippen LogP contribution in [0.15, 0.2) is 48.5 Å². The second-order valence-electron chi connectivity index (χ2n) is 7.66. The molecule has 0 bridgehead atoms. The molecule has 1 saturated heterocycles. The van der Waals surface area contributed by atoms with Crippen LogP contribution in [-0.2, 0) is 0 Å². The minimum atomic E-state index is -0.290. The Morgan fingerprint density at radius 3 is 2.50 bits per heavy atom. The molecule has 1 spiro atoms. The van der Waals surface area contributed by atoms with Gasteiger partial charge in [-0.2, -0.15) is 0 Å². The van der Waals surface area contributed by atoms with Crippen molar-refractivity contribution in [1.82, 2.24) is 4.90 Å². The van der Waals surface area contributed by atoms with Gasteiger partial charge in [0, 0.05) is 29.6 Å². The predicted molar refractivity (Wildman–Crippen MR) is 99.3 cm³/mol. The predicted octanol–water partition coefficient (Wildman–Crippen LogP) is 4.26. The van der Waals surface area contributed by atoms with Gasteiger partial charge in [-0.15, -0.1) is 0 Å². The van der Waals surface area contributed by atoms with Gasteiger partial charge in [0.25, 0.3) is 5.91 Å². The van der Waals surface area contributed by atoms with Gasteiger partial charge in [-0.05, 0) is 49.4 Å². The van der Waals surface area contributed by atoms with E-state index < -0.39 is 0 Å². The highest BCUT2D eigenvalue weighted by molar-refractivity contribution is 5.94. The van der Waals surface area contributed by atoms with Crippen LogP contribution in [0.5, 0.6) is 0 Å². The van der Waals surface area contributed by atoms with E-state index in [0.29, 0.717) is 17.7 Å². The molecule has 136 valence electrons. The Hall–Kier alpha value is -2.20. The molecule has 1 N–H and O–H groups in total. The largest absolute Gasteiger partial charge is 0.392 e. The number of hydrogen-bond acceptors (Lipinski definition) is 2. The zero-order chi connectivity index (χ0) is 18.1. The first kappa shape index (κ1) is 17.2. The molecule has 26 heavy (non-hydrogen) atoms. The van der Waals surface area contributed by atoms with E-state index in [0.717, 1.165) is 44.2 Å². The molecule has 3 nitrogen and oxygen atoms in total. The minimum absolute atomic E-state index is 0.00302. The summed E-state index contributed by atoms with van der Waals surface area (Å²) in [6, 6.07) is 13.8. The number of carbonyl (C=O) groups is 1. The van der Waals surface area contributed by atoms with Gasteiger partial charge in [0.15, 0.2) is 0 Å². The van der Waals surface area contributed by atoms with Crippen LogP contribution in [0.1, 0.15) is 42.5 Å². The summed E-state index contributed by atoms with van der Waals surface area (Å²) in [5.74, 6) is -0.261. The van der Waals surface area contributed by atoms with Crippen molar-refractivity contribution < 1.29 is 14.3 Å². The van der Waals surface area contributed by atoms with Crippen LogP contribution >= 0.6 is 0 Å². The lowest BCUT2D eigenvalue weighted by molar-refractivity contribution is -0.00535. The van der Waals surface area contributed by atoms with Crippen LogP contribution in [0, 0.1) is 11.2 Å². The molecule has 2 fully saturated rings. The summed E-state index contributed by atoms with van der Waals surface area (Å²) in [6.45, 7) is 1.38. The number of aliphatic hydroxyl groups excluding tert-OH is 1. The third-order valence-corrected chi connectivity index (χ3v) is 6.07. The fourth-order valence-corrected chi connectivity index (χ4v) is 4.60. The van der Waals surface area contributed by atoms with Gasteiger partial charge in [0.2, 0.25) is 0 Å². The lowest BCUT2D eigenvalue weighted by Gasteiger charge is -2.42. The number of nitrogens with zero attached hydrogens (tertiary/aromatic N) is 1. The monoisotopic (exact) mass is 353 g/mol. The number of piperidine rings is 1. The number of amides is 1. The maximum Gasteiger partial charge on any atom is 0.253 e. The Bertz CT molecular complexity index is 804. The molecule has 4 heteroatoms. The summed E-state index contributed by atoms with van der Waals surface area (Å²) in [7, 11) is 0. The van der Waals surface area contributed by atoms with Crippen LogP contribution < -0.4 is 0 Å². The van der Waals surface area contributed by atoms with E-state index >= 15 is 0 Å². The maximum atomic E-state index is 13.9. The molecule has 2 atom stereocenters. The first-order valence-electron chi connectivity index (χ1n) is 9.41. The summed E-state index contributed by atoms with van der Waals surface area (Å²) in [6.07, 6.45) is 4.55. The molecule has 2 aromatic rings. The number of rotatable bonds is 2. The van der Waals surface area contributed by atoms with Gasteiger partial charge in [-0.3, -0.25) is 4.79 Å². The zero-order valence-electron chi connectivity index (χ0n) is 14.8. The van der Waals surface area contributed by atoms with Gasteiger partial charge >= 0.3 is 0 Å². The van der Waals surface area contributed by atoms with E-state index in [4.69, 9.17) is 0 Å². The molecule has 1 saturated carbocycles. The van der Waals surface area contributed by atoms with Crippen LogP contribution in [-0.4, -0.2) is 35.1 Å². The Balaban J connectivity index is 1.52. The van der Waals surface area contributed by atoms with Gasteiger partial charge in [0.1, 0.15) is 5.82 Å². The van der Waals surface area contributed by atoms with Crippen LogP contribution in [0.2, 0.25) is 0 Å². The average molecular weight is 353 g/mol. The number of hydrogen-bond donors (Lipinski definition) is 1. The van der Waals surface area contributed by atoms with Crippen LogP contribution in [0.4, 0.5) is 4.39 Å². The SMILES string of the molecule is O=C(c1ccc(-c2ccccc2F)cc1)N1CCC[C@@]2(CCC[C@H]2O)C1. The molecule has 2 aliphatic rings. The van der Waals surface area contributed by atoms with E-state index in [2.05, 4.69) is 0 Å². The molecular formula is C22H24FNO2. The summed E-state index contributed by atoms with van der Waals surface area (Å²) < 4.78 is 13.9. The molecule has 0 aromatic heterocycles. The fourth-order valence-electron chi connectivity index (χ4n) is 4.60. The standard InChI is InChI=1S/C22H24FNO2/c23-19-6-2-1-5-18(19)16-8-10-17(11-9-16)21(26)24-14-4-13-22(15-24)12-3-7-20(22)25/h1-2,5-6,8-11,20,25H,3-4,7,12-15H2/t20-,22+/m1/s1. The summed E-state index contributed by atoms with van der Waals surface area (Å²) in [4.78, 5) is 14.8. The molecular weight excluding hydrogens is 329 g/mol. The highest BCUT2D eigenvalue weighted by atomic mass is 19.1. The molecule has 1 aliphatic heterocycles. The molecule has 1 heterocycles. The van der Waals surface area contributed by atoms with Crippen molar-refractivity contribution in [3.8, 4) is 11.1 Å². The first-order chi connectivity index (χ1) is 12.6. The third kappa shape index (κ3) is 3.03. The average Bonchev–Trinajstić information content (AvgIpc) is 3.01. The van der Waals surface area contributed by atoms with Crippen LogP contribution in [0.3, 0.4) is 0 Å². The van der Waals surface area contributed by atoms with Gasteiger partial charge < -0.3 is 10.0 Å². The molecule has 4 rings (SSSR count). The van der Waals surface area contributed by atoms with Crippen molar-refractivity contribution in [2.24, 2.45) is 5.41 Å². The van der Waals surface area contributed by atoms with E-state index in [1.165, 1.54) is 6.07 Å². The number of halogens is 1. The van der Waals surface area contributed by atoms with Crippen molar-refractivity contribution in [3.05, 3.63) is 59.9 Å². The molecule has 0 unspecified atom stereocenters. The number of carbonyl (C=O) groups excluding carboxylic acids is 1. The highest BCUT2D eigenvalue weighted by Crippen LogP contribution is 2.45. The fraction of sp³-hybridized carbons (Fsp3) is 0.409. The number of aliphatic hydroxyl groups is 1. The van der Waals surface area contributed by atoms with Crippen LogP contribution in [0.25, 0.3) is 11.1 Å². The molecule has 1 aliphatic carbocycles. The Morgan fingerprint density at radius 1 is 1.08 bits per heavy atom. The van der Waals surface area contributed by atoms with Crippen molar-refractivity contribution in [3.63, 3.8) is 0 Å². The van der Waals surface area contributed by atoms with E-state index in [-0.39, 0.29) is 23.2 Å². The lowest BCUT2D eigenvalue weighted by Crippen LogP contribution is -2.49. The Morgan fingerprint density at radius 2 is 1.81 bits per heavy atom. The lowest BCUT2D eigenvalue weighted by atomic mass is 9.76. The van der Waals surface area contributed by atoms with Gasteiger partial charge in [-0.25, -0.2) is 4.39 Å². The van der Waals surface area contributed by atoms with E-state index in [9.17, 15) is 14.3 Å². The summed E-state index contributed by atoms with van der Waals surface area (Å²) >= 11 is 0. The summed E-state index contributed by atoms with van der Waals surface area (Å²) in [5.41, 5.74) is 1.81. The molecule has 1 amide bonds. The number of benzene rings is 2. The van der Waals surface area contributed by atoms with Crippen molar-refractivity contribution in [2.75, 3.05) is 13.1 Å². The van der Waals surface area contributed by atoms with Gasteiger partial charge in [-0.1, -0.05) is 36.8 Å². The normalized spacial score (nSPS) is 25.6. The zero-order valence-corrected chi connectivity index (χ0v) is 14.8. The second kappa shape index (κ2) is 6.84. The van der Waals surface area contributed by atoms with Gasteiger partial charge in [0.05, 0.1) is 6.10 Å². The van der Waals surface area contributed by atoms with Crippen molar-refractivity contribution in [1.29, 1.82) is 0 Å². The third-order valence-electron chi connectivity index (χ3n) is 6.07. The quantitative estimate of drug-likeness (QED) is 0.876. The molecule has 2 aromatic carbocycles. The summed E-state index contributed by atoms with van der Waals surface area (Å²) in [5, 5.41) is 10.4. The number of likely N-dealkylation sites (tertiary alicyclic amines) is 1. The Labute approximate surface area is 153 Å². The molecule has 0 radical (unpaired) electrons. The topological polar surface area (TPSA) is 40.5 Å². The Kier molecular flexibility index (Phi) is 4.53. The second-order valence-corrected chi connectivity index (χ2v) is 7.66.